The van der Waals surface area contributed by atoms with Crippen molar-refractivity contribution >= 4 is 0 Å². The van der Waals surface area contributed by atoms with Crippen LogP contribution in [0.4, 0.5) is 52.7 Å². The third-order valence-corrected chi connectivity index (χ3v) is 3.15. The standard InChI is InChI=1S/C10F12/c11-3-1-2(4(12)6(14)5(3)13)8(17,18)9(19,7(1,15)16)10(20,21)22. The molecule has 0 aromatic heterocycles. The molecule has 1 aromatic carbocycles. The first-order chi connectivity index (χ1) is 9.64. The van der Waals surface area contributed by atoms with Crippen LogP contribution in [-0.2, 0) is 11.8 Å². The van der Waals surface area contributed by atoms with Crippen molar-refractivity contribution in [2.45, 2.75) is 23.7 Å². The molecule has 0 amide bonds. The minimum absolute atomic E-state index is 3.07. The lowest BCUT2D eigenvalue weighted by molar-refractivity contribution is -0.363. The van der Waals surface area contributed by atoms with Crippen LogP contribution >= 0.6 is 0 Å². The second kappa shape index (κ2) is 4.02. The van der Waals surface area contributed by atoms with Gasteiger partial charge in [-0.1, -0.05) is 0 Å². The highest BCUT2D eigenvalue weighted by Gasteiger charge is 2.89. The molecule has 1 aliphatic rings. The minimum Gasteiger partial charge on any atom is -0.219 e. The summed E-state index contributed by atoms with van der Waals surface area (Å²) in [5.41, 5.74) is -13.2. The Bertz CT molecular complexity index is 608. The molecule has 0 N–H and O–H groups in total. The van der Waals surface area contributed by atoms with Crippen molar-refractivity contribution in [1.29, 1.82) is 0 Å². The third-order valence-electron chi connectivity index (χ3n) is 3.15. The molecule has 0 saturated heterocycles. The van der Waals surface area contributed by atoms with Crippen LogP contribution in [-0.4, -0.2) is 11.8 Å². The molecule has 12 heteroatoms. The first-order valence-electron chi connectivity index (χ1n) is 5.02. The second-order valence-electron chi connectivity index (χ2n) is 4.31. The number of alkyl halides is 8. The van der Waals surface area contributed by atoms with E-state index >= 15 is 0 Å². The Morgan fingerprint density at radius 1 is 0.545 bits per heavy atom. The van der Waals surface area contributed by atoms with Crippen molar-refractivity contribution in [2.75, 3.05) is 0 Å². The Balaban J connectivity index is 3.05. The lowest BCUT2D eigenvalue weighted by atomic mass is 9.94. The molecule has 0 bridgehead atoms. The van der Waals surface area contributed by atoms with Gasteiger partial charge in [-0.3, -0.25) is 0 Å². The van der Waals surface area contributed by atoms with E-state index < -0.39 is 58.1 Å². The molecule has 22 heavy (non-hydrogen) atoms. The van der Waals surface area contributed by atoms with Crippen LogP contribution in [0.1, 0.15) is 11.1 Å². The van der Waals surface area contributed by atoms with Gasteiger partial charge < -0.3 is 0 Å². The van der Waals surface area contributed by atoms with E-state index in [2.05, 4.69) is 0 Å². The van der Waals surface area contributed by atoms with E-state index in [4.69, 9.17) is 0 Å². The van der Waals surface area contributed by atoms with Gasteiger partial charge in [0.25, 0.3) is 0 Å². The predicted octanol–water partition coefficient (Wildman–Crippen LogP) is 4.71. The quantitative estimate of drug-likeness (QED) is 0.362. The maximum atomic E-state index is 13.6. The van der Waals surface area contributed by atoms with E-state index in [1.807, 2.05) is 0 Å². The number of fused-ring (bicyclic) bond motifs is 1. The van der Waals surface area contributed by atoms with Crippen LogP contribution < -0.4 is 0 Å². The Hall–Kier alpha value is -1.62. The van der Waals surface area contributed by atoms with Crippen LogP contribution in [0, 0.1) is 23.3 Å². The second-order valence-corrected chi connectivity index (χ2v) is 4.31. The maximum absolute atomic E-state index is 13.6. The molecule has 0 nitrogen and oxygen atoms in total. The van der Waals surface area contributed by atoms with Gasteiger partial charge in [0.1, 0.15) is 0 Å². The van der Waals surface area contributed by atoms with Gasteiger partial charge in [0, 0.05) is 0 Å². The van der Waals surface area contributed by atoms with Crippen molar-refractivity contribution < 1.29 is 52.7 Å². The smallest absolute Gasteiger partial charge is 0.219 e. The Morgan fingerprint density at radius 2 is 0.818 bits per heavy atom. The molecule has 0 aliphatic heterocycles. The summed E-state index contributed by atoms with van der Waals surface area (Å²) in [6.45, 7) is 0. The van der Waals surface area contributed by atoms with E-state index in [0.717, 1.165) is 0 Å². The van der Waals surface area contributed by atoms with Gasteiger partial charge in [-0.05, 0) is 0 Å². The van der Waals surface area contributed by atoms with E-state index in [1.54, 1.807) is 0 Å². The predicted molar refractivity (Wildman–Crippen MR) is 44.0 cm³/mol. The highest BCUT2D eigenvalue weighted by molar-refractivity contribution is 5.49. The molecule has 124 valence electrons. The molecule has 0 saturated carbocycles. The monoisotopic (exact) mass is 348 g/mol. The number of halogens is 12. The van der Waals surface area contributed by atoms with Gasteiger partial charge in [-0.15, -0.1) is 0 Å². The SMILES string of the molecule is Fc1c(F)c(F)c2c(c1F)C(F)(F)C(F)(C(F)(F)F)C2(F)F. The zero-order chi connectivity index (χ0) is 17.5. The third kappa shape index (κ3) is 1.47. The summed E-state index contributed by atoms with van der Waals surface area (Å²) in [5, 5.41) is 0. The van der Waals surface area contributed by atoms with E-state index in [1.165, 1.54) is 0 Å². The Labute approximate surface area is 112 Å². The van der Waals surface area contributed by atoms with E-state index in [9.17, 15) is 52.7 Å². The van der Waals surface area contributed by atoms with Crippen LogP contribution in [0.3, 0.4) is 0 Å². The lowest BCUT2D eigenvalue weighted by Gasteiger charge is -2.33. The summed E-state index contributed by atoms with van der Waals surface area (Å²) < 4.78 is 157. The molecule has 0 heterocycles. The van der Waals surface area contributed by atoms with Gasteiger partial charge in [-0.25, -0.2) is 22.0 Å². The zero-order valence-electron chi connectivity index (χ0n) is 9.54. The van der Waals surface area contributed by atoms with Crippen molar-refractivity contribution in [3.05, 3.63) is 34.4 Å². The summed E-state index contributed by atoms with van der Waals surface area (Å²) in [4.78, 5) is 0. The van der Waals surface area contributed by atoms with Crippen molar-refractivity contribution in [2.24, 2.45) is 0 Å². The molecular weight excluding hydrogens is 348 g/mol. The van der Waals surface area contributed by atoms with Crippen LogP contribution in [0.15, 0.2) is 0 Å². The summed E-state index contributed by atoms with van der Waals surface area (Å²) in [6, 6.07) is 0. The maximum Gasteiger partial charge on any atom is 0.435 e. The van der Waals surface area contributed by atoms with Crippen LogP contribution in [0.5, 0.6) is 0 Å². The zero-order valence-corrected chi connectivity index (χ0v) is 9.54. The Kier molecular flexibility index (Phi) is 3.06. The molecule has 0 spiro atoms. The summed E-state index contributed by atoms with van der Waals surface area (Å²) in [6.07, 6.45) is -7.01. The van der Waals surface area contributed by atoms with Crippen LogP contribution in [0.2, 0.25) is 0 Å². The van der Waals surface area contributed by atoms with Gasteiger partial charge in [0.15, 0.2) is 23.3 Å². The van der Waals surface area contributed by atoms with Gasteiger partial charge in [0.2, 0.25) is 0 Å². The Morgan fingerprint density at radius 3 is 1.05 bits per heavy atom. The average Bonchev–Trinajstić information content (AvgIpc) is 2.48. The highest BCUT2D eigenvalue weighted by atomic mass is 19.4. The molecule has 1 aliphatic carbocycles. The minimum atomic E-state index is -7.01. The van der Waals surface area contributed by atoms with Crippen molar-refractivity contribution in [3.8, 4) is 0 Å². The van der Waals surface area contributed by atoms with Gasteiger partial charge in [0.05, 0.1) is 11.1 Å². The normalized spacial score (nSPS) is 21.8. The molecule has 0 atom stereocenters. The molecule has 1 aromatic rings. The number of hydrogen-bond donors (Lipinski definition) is 0. The average molecular weight is 348 g/mol. The molecule has 0 radical (unpaired) electrons. The molecule has 2 rings (SSSR count). The van der Waals surface area contributed by atoms with Crippen molar-refractivity contribution in [1.82, 2.24) is 0 Å². The fraction of sp³-hybridized carbons (Fsp3) is 0.400. The first-order valence-corrected chi connectivity index (χ1v) is 5.02. The summed E-state index contributed by atoms with van der Waals surface area (Å²) in [5.74, 6) is -25.4. The number of benzene rings is 1. The topological polar surface area (TPSA) is 0 Å². The molecule has 0 fully saturated rings. The summed E-state index contributed by atoms with van der Waals surface area (Å²) >= 11 is 0. The van der Waals surface area contributed by atoms with Gasteiger partial charge in [-0.2, -0.15) is 30.7 Å². The molecule has 0 unspecified atom stereocenters. The molecular formula is C10F12. The van der Waals surface area contributed by atoms with Gasteiger partial charge >= 0.3 is 23.7 Å². The van der Waals surface area contributed by atoms with E-state index in [-0.39, 0.29) is 0 Å². The van der Waals surface area contributed by atoms with E-state index in [0.29, 0.717) is 0 Å². The fourth-order valence-corrected chi connectivity index (χ4v) is 2.12. The fourth-order valence-electron chi connectivity index (χ4n) is 2.12. The first kappa shape index (κ1) is 16.7. The largest absolute Gasteiger partial charge is 0.435 e. The number of hydrogen-bond acceptors (Lipinski definition) is 0. The number of rotatable bonds is 0. The van der Waals surface area contributed by atoms with Crippen molar-refractivity contribution in [3.63, 3.8) is 0 Å². The summed E-state index contributed by atoms with van der Waals surface area (Å²) in [7, 11) is 0. The van der Waals surface area contributed by atoms with Crippen LogP contribution in [0.25, 0.3) is 0 Å². The lowest BCUT2D eigenvalue weighted by Crippen LogP contribution is -2.58. The highest BCUT2D eigenvalue weighted by Crippen LogP contribution is 2.68.